The first-order valence-electron chi connectivity index (χ1n) is 6.25. The first-order valence-corrected chi connectivity index (χ1v) is 7.82. The molecule has 1 aliphatic heterocycles. The van der Waals surface area contributed by atoms with E-state index in [9.17, 15) is 0 Å². The SMILES string of the molecule is Clc1cc2c(cc1C(Cl)c1c(Cl)cccc1Cl)OCCO2. The highest BCUT2D eigenvalue weighted by atomic mass is 35.5. The van der Waals surface area contributed by atoms with Gasteiger partial charge in [-0.25, -0.2) is 0 Å². The van der Waals surface area contributed by atoms with Crippen LogP contribution in [0.2, 0.25) is 15.1 Å². The van der Waals surface area contributed by atoms with Crippen molar-refractivity contribution in [3.05, 3.63) is 56.5 Å². The molecular formula is C15H10Cl4O2. The Hall–Kier alpha value is -0.800. The summed E-state index contributed by atoms with van der Waals surface area (Å²) in [6.45, 7) is 0.997. The topological polar surface area (TPSA) is 18.5 Å². The van der Waals surface area contributed by atoms with Crippen molar-refractivity contribution in [1.82, 2.24) is 0 Å². The van der Waals surface area contributed by atoms with Crippen molar-refractivity contribution in [1.29, 1.82) is 0 Å². The summed E-state index contributed by atoms with van der Waals surface area (Å²) in [5, 5.41) is 0.895. The largest absolute Gasteiger partial charge is 0.486 e. The molecule has 0 bridgehead atoms. The van der Waals surface area contributed by atoms with E-state index in [-0.39, 0.29) is 0 Å². The fraction of sp³-hybridized carbons (Fsp3) is 0.200. The number of halogens is 4. The highest BCUT2D eigenvalue weighted by molar-refractivity contribution is 6.38. The third-order valence-electron chi connectivity index (χ3n) is 3.19. The number of benzene rings is 2. The minimum Gasteiger partial charge on any atom is -0.486 e. The fourth-order valence-corrected chi connectivity index (χ4v) is 3.64. The summed E-state index contributed by atoms with van der Waals surface area (Å²) < 4.78 is 11.0. The zero-order valence-electron chi connectivity index (χ0n) is 10.7. The van der Waals surface area contributed by atoms with Gasteiger partial charge >= 0.3 is 0 Å². The lowest BCUT2D eigenvalue weighted by molar-refractivity contribution is 0.171. The van der Waals surface area contributed by atoms with Crippen LogP contribution in [0.5, 0.6) is 11.5 Å². The van der Waals surface area contributed by atoms with E-state index >= 15 is 0 Å². The summed E-state index contributed by atoms with van der Waals surface area (Å²) >= 11 is 25.2. The van der Waals surface area contributed by atoms with E-state index in [1.54, 1.807) is 30.3 Å². The highest BCUT2D eigenvalue weighted by Crippen LogP contribution is 2.44. The van der Waals surface area contributed by atoms with Crippen LogP contribution in [-0.2, 0) is 0 Å². The summed E-state index contributed by atoms with van der Waals surface area (Å²) in [6.07, 6.45) is 0. The standard InChI is InChI=1S/C15H10Cl4O2/c16-9-2-1-3-10(17)14(9)15(19)8-6-12-13(7-11(8)18)21-5-4-20-12/h1-3,6-7,15H,4-5H2. The van der Waals surface area contributed by atoms with Crippen LogP contribution >= 0.6 is 46.4 Å². The van der Waals surface area contributed by atoms with Crippen LogP contribution in [0.3, 0.4) is 0 Å². The van der Waals surface area contributed by atoms with Gasteiger partial charge in [0, 0.05) is 26.7 Å². The number of alkyl halides is 1. The van der Waals surface area contributed by atoms with Gasteiger partial charge < -0.3 is 9.47 Å². The van der Waals surface area contributed by atoms with Crippen molar-refractivity contribution in [3.63, 3.8) is 0 Å². The molecule has 1 unspecified atom stereocenters. The van der Waals surface area contributed by atoms with Crippen molar-refractivity contribution in [2.24, 2.45) is 0 Å². The number of hydrogen-bond donors (Lipinski definition) is 0. The third-order valence-corrected chi connectivity index (χ3v) is 4.63. The zero-order chi connectivity index (χ0) is 15.0. The Bertz CT molecular complexity index is 667. The molecule has 2 aromatic carbocycles. The summed E-state index contributed by atoms with van der Waals surface area (Å²) in [5.41, 5.74) is 1.30. The average molecular weight is 364 g/mol. The number of rotatable bonds is 2. The maximum Gasteiger partial charge on any atom is 0.162 e. The Balaban J connectivity index is 2.07. The molecule has 0 radical (unpaired) electrons. The summed E-state index contributed by atoms with van der Waals surface area (Å²) in [6, 6.07) is 8.72. The molecule has 0 saturated carbocycles. The van der Waals surface area contributed by atoms with Gasteiger partial charge in [0.15, 0.2) is 11.5 Å². The second-order valence-electron chi connectivity index (χ2n) is 4.52. The minimum atomic E-state index is -0.575. The lowest BCUT2D eigenvalue weighted by Gasteiger charge is -2.22. The molecule has 6 heteroatoms. The molecule has 2 aromatic rings. The van der Waals surface area contributed by atoms with Gasteiger partial charge in [0.2, 0.25) is 0 Å². The molecule has 2 nitrogen and oxygen atoms in total. The Kier molecular flexibility index (Phi) is 4.41. The van der Waals surface area contributed by atoms with Crippen molar-refractivity contribution in [2.75, 3.05) is 13.2 Å². The Morgan fingerprint density at radius 2 is 1.43 bits per heavy atom. The predicted octanol–water partition coefficient (Wildman–Crippen LogP) is 5.75. The molecule has 0 fully saturated rings. The van der Waals surface area contributed by atoms with Gasteiger partial charge in [-0.2, -0.15) is 0 Å². The van der Waals surface area contributed by atoms with Crippen molar-refractivity contribution >= 4 is 46.4 Å². The number of ether oxygens (including phenoxy) is 2. The normalized spacial score (nSPS) is 14.9. The number of fused-ring (bicyclic) bond motifs is 1. The molecule has 21 heavy (non-hydrogen) atoms. The van der Waals surface area contributed by atoms with Crippen molar-refractivity contribution in [3.8, 4) is 11.5 Å². The van der Waals surface area contributed by atoms with Crippen LogP contribution < -0.4 is 9.47 Å². The van der Waals surface area contributed by atoms with E-state index in [0.717, 1.165) is 0 Å². The molecule has 1 atom stereocenters. The van der Waals surface area contributed by atoms with Gasteiger partial charge in [-0.1, -0.05) is 40.9 Å². The summed E-state index contributed by atoms with van der Waals surface area (Å²) in [4.78, 5) is 0. The van der Waals surface area contributed by atoms with Gasteiger partial charge in [0.1, 0.15) is 13.2 Å². The maximum atomic E-state index is 6.54. The lowest BCUT2D eigenvalue weighted by Crippen LogP contribution is -2.15. The molecule has 0 aromatic heterocycles. The first kappa shape index (κ1) is 15.1. The summed E-state index contributed by atoms with van der Waals surface area (Å²) in [5.74, 6) is 1.23. The molecule has 0 N–H and O–H groups in total. The lowest BCUT2D eigenvalue weighted by atomic mass is 10.0. The van der Waals surface area contributed by atoms with Crippen molar-refractivity contribution in [2.45, 2.75) is 5.38 Å². The smallest absolute Gasteiger partial charge is 0.162 e. The minimum absolute atomic E-state index is 0.482. The molecule has 0 saturated heterocycles. The van der Waals surface area contributed by atoms with E-state index in [1.807, 2.05) is 0 Å². The van der Waals surface area contributed by atoms with Crippen LogP contribution in [0.4, 0.5) is 0 Å². The van der Waals surface area contributed by atoms with Gasteiger partial charge in [-0.3, -0.25) is 0 Å². The Labute approximate surface area is 142 Å². The third kappa shape index (κ3) is 2.91. The quantitative estimate of drug-likeness (QED) is 0.632. The second-order valence-corrected chi connectivity index (χ2v) is 6.17. The second kappa shape index (κ2) is 6.13. The zero-order valence-corrected chi connectivity index (χ0v) is 13.7. The van der Waals surface area contributed by atoms with Crippen LogP contribution in [-0.4, -0.2) is 13.2 Å². The van der Waals surface area contributed by atoms with Crippen LogP contribution in [0.25, 0.3) is 0 Å². The van der Waals surface area contributed by atoms with E-state index in [0.29, 0.717) is 50.9 Å². The van der Waals surface area contributed by atoms with E-state index in [4.69, 9.17) is 55.9 Å². The van der Waals surface area contributed by atoms with Crippen LogP contribution in [0, 0.1) is 0 Å². The van der Waals surface area contributed by atoms with E-state index in [1.165, 1.54) is 0 Å². The van der Waals surface area contributed by atoms with E-state index < -0.39 is 5.38 Å². The monoisotopic (exact) mass is 362 g/mol. The molecule has 1 heterocycles. The van der Waals surface area contributed by atoms with Crippen LogP contribution in [0.15, 0.2) is 30.3 Å². The van der Waals surface area contributed by atoms with Gasteiger partial charge in [-0.15, -0.1) is 11.6 Å². The predicted molar refractivity (Wildman–Crippen MR) is 86.6 cm³/mol. The van der Waals surface area contributed by atoms with Crippen molar-refractivity contribution < 1.29 is 9.47 Å². The molecule has 0 spiro atoms. The highest BCUT2D eigenvalue weighted by Gasteiger charge is 2.23. The van der Waals surface area contributed by atoms with Crippen LogP contribution in [0.1, 0.15) is 16.5 Å². The molecule has 0 aliphatic carbocycles. The van der Waals surface area contributed by atoms with Gasteiger partial charge in [0.05, 0.1) is 5.38 Å². The molecular weight excluding hydrogens is 354 g/mol. The summed E-state index contributed by atoms with van der Waals surface area (Å²) in [7, 11) is 0. The average Bonchev–Trinajstić information content (AvgIpc) is 2.46. The number of hydrogen-bond acceptors (Lipinski definition) is 2. The first-order chi connectivity index (χ1) is 10.1. The maximum absolute atomic E-state index is 6.54. The van der Waals surface area contributed by atoms with Gasteiger partial charge in [0.25, 0.3) is 0 Å². The Morgan fingerprint density at radius 1 is 0.857 bits per heavy atom. The molecule has 110 valence electrons. The fourth-order valence-electron chi connectivity index (χ4n) is 2.18. The van der Waals surface area contributed by atoms with Gasteiger partial charge in [-0.05, 0) is 23.8 Å². The van der Waals surface area contributed by atoms with E-state index in [2.05, 4.69) is 0 Å². The molecule has 3 rings (SSSR count). The Morgan fingerprint density at radius 3 is 2.05 bits per heavy atom. The molecule has 1 aliphatic rings. The molecule has 0 amide bonds.